The van der Waals surface area contributed by atoms with Gasteiger partial charge >= 0.3 is 0 Å². The quantitative estimate of drug-likeness (QED) is 0.499. The van der Waals surface area contributed by atoms with Crippen molar-refractivity contribution < 1.29 is 0 Å². The van der Waals surface area contributed by atoms with Crippen LogP contribution in [0.2, 0.25) is 0 Å². The Hall–Kier alpha value is -1.37. The lowest BCUT2D eigenvalue weighted by Crippen LogP contribution is -1.95. The van der Waals surface area contributed by atoms with Gasteiger partial charge in [-0.3, -0.25) is 0 Å². The van der Waals surface area contributed by atoms with Gasteiger partial charge in [0.25, 0.3) is 0 Å². The van der Waals surface area contributed by atoms with Crippen LogP contribution in [0.3, 0.4) is 0 Å². The van der Waals surface area contributed by atoms with Gasteiger partial charge in [-0.25, -0.2) is 0 Å². The topological polar surface area (TPSA) is 14.1 Å². The molecule has 46 valence electrons. The molecular weight excluding hydrogens is 122 g/mol. The van der Waals surface area contributed by atoms with E-state index in [1.807, 2.05) is 30.5 Å². The first-order valence-corrected chi connectivity index (χ1v) is 3.17. The summed E-state index contributed by atoms with van der Waals surface area (Å²) < 4.78 is 0. The largest absolute Gasteiger partial charge is 0.250 e. The van der Waals surface area contributed by atoms with Crippen molar-refractivity contribution in [3.05, 3.63) is 41.6 Å². The normalized spacial score (nSPS) is 13.2. The molecule has 0 aliphatic carbocycles. The zero-order valence-corrected chi connectivity index (χ0v) is 5.41. The minimum Gasteiger partial charge on any atom is -0.0608 e. The lowest BCUT2D eigenvalue weighted by Gasteiger charge is -1.93. The van der Waals surface area contributed by atoms with Gasteiger partial charge in [-0.2, -0.15) is 0 Å². The molecule has 0 amide bonds. The first kappa shape index (κ1) is 5.42. The zero-order valence-electron chi connectivity index (χ0n) is 5.41. The smallest absolute Gasteiger partial charge is 0.0608 e. The number of fused-ring (bicyclic) bond motifs is 1. The number of aliphatic imine (C=N–C) groups is 1. The molecule has 0 saturated carbocycles. The van der Waals surface area contributed by atoms with E-state index in [4.69, 9.17) is 0 Å². The summed E-state index contributed by atoms with van der Waals surface area (Å²) in [5, 5.41) is 0. The molecule has 1 aliphatic rings. The molecule has 1 aliphatic heterocycles. The summed E-state index contributed by atoms with van der Waals surface area (Å²) in [7, 11) is 0. The SMILES string of the molecule is [c]1cccc2c1C=C[N+]=C2. The molecular formula is C9H6N+. The number of nitrogens with zero attached hydrogens (tertiary/aromatic N) is 1. The van der Waals surface area contributed by atoms with E-state index in [-0.39, 0.29) is 0 Å². The van der Waals surface area contributed by atoms with Crippen LogP contribution in [-0.2, 0) is 0 Å². The van der Waals surface area contributed by atoms with Gasteiger partial charge in [0.1, 0.15) is 0 Å². The number of benzene rings is 1. The Morgan fingerprint density at radius 2 is 2.40 bits per heavy atom. The summed E-state index contributed by atoms with van der Waals surface area (Å²) >= 11 is 0. The lowest BCUT2D eigenvalue weighted by molar-refractivity contribution is 1.38. The summed E-state index contributed by atoms with van der Waals surface area (Å²) in [5.41, 5.74) is 2.27. The molecule has 1 heterocycles. The third kappa shape index (κ3) is 0.760. The van der Waals surface area contributed by atoms with Crippen molar-refractivity contribution in [2.75, 3.05) is 0 Å². The van der Waals surface area contributed by atoms with Crippen LogP contribution in [0.5, 0.6) is 0 Å². The Morgan fingerprint density at radius 1 is 1.40 bits per heavy atom. The van der Waals surface area contributed by atoms with Crippen molar-refractivity contribution in [1.29, 1.82) is 0 Å². The predicted molar refractivity (Wildman–Crippen MR) is 41.6 cm³/mol. The van der Waals surface area contributed by atoms with E-state index in [1.54, 1.807) is 6.20 Å². The van der Waals surface area contributed by atoms with Crippen LogP contribution in [0.25, 0.3) is 6.08 Å². The first-order valence-electron chi connectivity index (χ1n) is 3.17. The minimum atomic E-state index is 1.12. The third-order valence-electron chi connectivity index (χ3n) is 1.46. The van der Waals surface area contributed by atoms with Crippen LogP contribution in [0.4, 0.5) is 0 Å². The van der Waals surface area contributed by atoms with E-state index in [2.05, 4.69) is 11.1 Å². The molecule has 0 N–H and O–H groups in total. The fourth-order valence-electron chi connectivity index (χ4n) is 0.961. The van der Waals surface area contributed by atoms with Gasteiger partial charge in [-0.1, -0.05) is 12.1 Å². The minimum absolute atomic E-state index is 1.12. The summed E-state index contributed by atoms with van der Waals surface area (Å²) in [6.45, 7) is 0. The summed E-state index contributed by atoms with van der Waals surface area (Å²) in [6.07, 6.45) is 5.57. The van der Waals surface area contributed by atoms with Gasteiger partial charge in [0.05, 0.1) is 10.6 Å². The van der Waals surface area contributed by atoms with Crippen molar-refractivity contribution in [1.82, 2.24) is 4.99 Å². The average Bonchev–Trinajstić information content (AvgIpc) is 2.05. The highest BCUT2D eigenvalue weighted by atomic mass is 14.7. The molecule has 2 rings (SSSR count). The Bertz CT molecular complexity index is 266. The summed E-state index contributed by atoms with van der Waals surface area (Å²) in [4.78, 5) is 3.99. The summed E-state index contributed by atoms with van der Waals surface area (Å²) in [6, 6.07) is 9.00. The van der Waals surface area contributed by atoms with Crippen molar-refractivity contribution in [2.24, 2.45) is 0 Å². The second-order valence-corrected chi connectivity index (χ2v) is 2.13. The zero-order chi connectivity index (χ0) is 6.81. The van der Waals surface area contributed by atoms with Gasteiger partial charge in [0.2, 0.25) is 12.4 Å². The molecule has 1 aromatic rings. The molecule has 0 atom stereocenters. The Morgan fingerprint density at radius 3 is 3.30 bits per heavy atom. The highest BCUT2D eigenvalue weighted by Crippen LogP contribution is 2.08. The second kappa shape index (κ2) is 2.10. The van der Waals surface area contributed by atoms with E-state index in [0.29, 0.717) is 0 Å². The Balaban J connectivity index is 2.65. The fraction of sp³-hybridized carbons (Fsp3) is 0. The molecule has 1 nitrogen and oxygen atoms in total. The van der Waals surface area contributed by atoms with E-state index < -0.39 is 0 Å². The van der Waals surface area contributed by atoms with E-state index in [0.717, 1.165) is 11.1 Å². The van der Waals surface area contributed by atoms with E-state index in [9.17, 15) is 0 Å². The highest BCUT2D eigenvalue weighted by molar-refractivity contribution is 5.86. The standard InChI is InChI=1S/C9H6N/c1-2-4-9-7-10-6-5-8(9)3-1/h1-2,4-7H/q+1. The van der Waals surface area contributed by atoms with Gasteiger partial charge in [-0.05, 0) is 12.1 Å². The van der Waals surface area contributed by atoms with Crippen LogP contribution in [0.15, 0.2) is 24.4 Å². The van der Waals surface area contributed by atoms with Gasteiger partial charge in [0.15, 0.2) is 0 Å². The maximum absolute atomic E-state index is 3.99. The number of hydrogen-bond acceptors (Lipinski definition) is 1. The molecule has 0 aromatic heterocycles. The molecule has 0 unspecified atom stereocenters. The Labute approximate surface area is 59.7 Å². The molecule has 0 saturated heterocycles. The highest BCUT2D eigenvalue weighted by Gasteiger charge is 2.04. The van der Waals surface area contributed by atoms with Crippen LogP contribution in [-0.4, -0.2) is 6.21 Å². The van der Waals surface area contributed by atoms with Crippen molar-refractivity contribution >= 4 is 12.3 Å². The maximum Gasteiger partial charge on any atom is 0.250 e. The first-order chi connectivity index (χ1) is 4.97. The van der Waals surface area contributed by atoms with Crippen LogP contribution >= 0.6 is 0 Å². The molecule has 2 radical (unpaired) electrons. The number of hydrogen-bond donors (Lipinski definition) is 0. The van der Waals surface area contributed by atoms with Gasteiger partial charge < -0.3 is 0 Å². The van der Waals surface area contributed by atoms with E-state index >= 15 is 0 Å². The van der Waals surface area contributed by atoms with Crippen LogP contribution < -0.4 is 4.99 Å². The van der Waals surface area contributed by atoms with Crippen LogP contribution in [0.1, 0.15) is 11.1 Å². The monoisotopic (exact) mass is 128 g/mol. The summed E-state index contributed by atoms with van der Waals surface area (Å²) in [5.74, 6) is 0. The van der Waals surface area contributed by atoms with Crippen molar-refractivity contribution in [2.45, 2.75) is 0 Å². The third-order valence-corrected chi connectivity index (χ3v) is 1.46. The van der Waals surface area contributed by atoms with E-state index in [1.165, 1.54) is 0 Å². The maximum atomic E-state index is 3.99. The van der Waals surface area contributed by atoms with Crippen LogP contribution in [0, 0.1) is 6.07 Å². The number of rotatable bonds is 0. The lowest BCUT2D eigenvalue weighted by atomic mass is 10.1. The van der Waals surface area contributed by atoms with Crippen molar-refractivity contribution in [3.8, 4) is 0 Å². The fourth-order valence-corrected chi connectivity index (χ4v) is 0.961. The molecule has 0 bridgehead atoms. The van der Waals surface area contributed by atoms with Gasteiger partial charge in [-0.15, -0.1) is 0 Å². The molecule has 1 heteroatoms. The predicted octanol–water partition coefficient (Wildman–Crippen LogP) is 1.23. The van der Waals surface area contributed by atoms with Crippen molar-refractivity contribution in [3.63, 3.8) is 0 Å². The Kier molecular flexibility index (Phi) is 1.14. The average molecular weight is 128 g/mol. The van der Waals surface area contributed by atoms with Gasteiger partial charge in [0, 0.05) is 11.6 Å². The molecule has 0 spiro atoms. The molecule has 10 heavy (non-hydrogen) atoms. The molecule has 1 aromatic carbocycles. The second-order valence-electron chi connectivity index (χ2n) is 2.13. The molecule has 0 fully saturated rings.